The number of hydrogen-bond acceptors (Lipinski definition) is 4. The summed E-state index contributed by atoms with van der Waals surface area (Å²) in [6, 6.07) is 3.37. The zero-order valence-electron chi connectivity index (χ0n) is 12.8. The van der Waals surface area contributed by atoms with E-state index >= 15 is 0 Å². The molecule has 0 spiro atoms. The van der Waals surface area contributed by atoms with E-state index in [4.69, 9.17) is 9.47 Å². The SMILES string of the molecule is COc1cc(C(=O)Nc2n[nH]c(C)c2C)cc(OC)c1C. The molecule has 0 fully saturated rings. The van der Waals surface area contributed by atoms with E-state index < -0.39 is 0 Å². The maximum Gasteiger partial charge on any atom is 0.257 e. The number of nitrogens with zero attached hydrogens (tertiary/aromatic N) is 1. The van der Waals surface area contributed by atoms with Crippen molar-refractivity contribution in [3.8, 4) is 11.5 Å². The molecule has 0 unspecified atom stereocenters. The van der Waals surface area contributed by atoms with Gasteiger partial charge in [-0.2, -0.15) is 5.10 Å². The summed E-state index contributed by atoms with van der Waals surface area (Å²) in [6.45, 7) is 5.67. The molecule has 1 aromatic heterocycles. The fourth-order valence-electron chi connectivity index (χ4n) is 2.00. The van der Waals surface area contributed by atoms with Crippen molar-refractivity contribution >= 4 is 11.7 Å². The second-order valence-corrected chi connectivity index (χ2v) is 4.78. The molecule has 0 radical (unpaired) electrons. The van der Waals surface area contributed by atoms with Crippen LogP contribution in [0.5, 0.6) is 11.5 Å². The van der Waals surface area contributed by atoms with Crippen molar-refractivity contribution in [2.75, 3.05) is 19.5 Å². The summed E-state index contributed by atoms with van der Waals surface area (Å²) in [5.74, 6) is 1.47. The van der Waals surface area contributed by atoms with Crippen molar-refractivity contribution in [2.24, 2.45) is 0 Å². The van der Waals surface area contributed by atoms with Crippen molar-refractivity contribution < 1.29 is 14.3 Å². The van der Waals surface area contributed by atoms with E-state index in [0.717, 1.165) is 16.8 Å². The monoisotopic (exact) mass is 289 g/mol. The van der Waals surface area contributed by atoms with Gasteiger partial charge in [-0.05, 0) is 32.9 Å². The summed E-state index contributed by atoms with van der Waals surface area (Å²) in [6.07, 6.45) is 0. The standard InChI is InChI=1S/C15H19N3O3/c1-8-10(3)17-18-14(8)16-15(19)11-6-12(20-4)9(2)13(7-11)21-5/h6-7H,1-5H3,(H2,16,17,18,19). The van der Waals surface area contributed by atoms with Crippen LogP contribution < -0.4 is 14.8 Å². The Labute approximate surface area is 123 Å². The highest BCUT2D eigenvalue weighted by molar-refractivity contribution is 6.04. The number of hydrogen-bond donors (Lipinski definition) is 2. The third-order valence-corrected chi connectivity index (χ3v) is 3.50. The van der Waals surface area contributed by atoms with Crippen LogP contribution in [-0.4, -0.2) is 30.3 Å². The minimum Gasteiger partial charge on any atom is -0.496 e. The van der Waals surface area contributed by atoms with E-state index in [9.17, 15) is 4.79 Å². The Balaban J connectivity index is 2.33. The van der Waals surface area contributed by atoms with Gasteiger partial charge in [-0.3, -0.25) is 9.89 Å². The molecule has 0 aliphatic carbocycles. The number of nitrogens with one attached hydrogen (secondary N) is 2. The smallest absolute Gasteiger partial charge is 0.257 e. The Morgan fingerprint density at radius 1 is 1.10 bits per heavy atom. The molecule has 0 aliphatic rings. The first-order chi connectivity index (χ1) is 9.97. The summed E-state index contributed by atoms with van der Waals surface area (Å²) in [7, 11) is 3.12. The fourth-order valence-corrected chi connectivity index (χ4v) is 2.00. The molecule has 0 atom stereocenters. The zero-order chi connectivity index (χ0) is 15.6. The lowest BCUT2D eigenvalue weighted by atomic mass is 10.1. The molecule has 2 aromatic rings. The molecule has 2 rings (SSSR count). The van der Waals surface area contributed by atoms with Crippen LogP contribution >= 0.6 is 0 Å². The first-order valence-corrected chi connectivity index (χ1v) is 6.53. The van der Waals surface area contributed by atoms with Crippen LogP contribution in [0, 0.1) is 20.8 Å². The highest BCUT2D eigenvalue weighted by Crippen LogP contribution is 2.29. The van der Waals surface area contributed by atoms with Gasteiger partial charge >= 0.3 is 0 Å². The van der Waals surface area contributed by atoms with E-state index in [2.05, 4.69) is 15.5 Å². The molecule has 6 nitrogen and oxygen atoms in total. The zero-order valence-corrected chi connectivity index (χ0v) is 12.8. The van der Waals surface area contributed by atoms with Crippen molar-refractivity contribution in [3.05, 3.63) is 34.5 Å². The number of anilines is 1. The van der Waals surface area contributed by atoms with Gasteiger partial charge in [0.1, 0.15) is 11.5 Å². The van der Waals surface area contributed by atoms with E-state index in [1.54, 1.807) is 26.4 Å². The highest BCUT2D eigenvalue weighted by Gasteiger charge is 2.15. The van der Waals surface area contributed by atoms with Crippen molar-refractivity contribution in [3.63, 3.8) is 0 Å². The molecule has 1 aromatic carbocycles. The minimum atomic E-state index is -0.263. The average Bonchev–Trinajstić information content (AvgIpc) is 2.79. The van der Waals surface area contributed by atoms with Crippen molar-refractivity contribution in [2.45, 2.75) is 20.8 Å². The summed E-state index contributed by atoms with van der Waals surface area (Å²) in [5, 5.41) is 9.67. The van der Waals surface area contributed by atoms with Gasteiger partial charge in [0.05, 0.1) is 14.2 Å². The fraction of sp³-hybridized carbons (Fsp3) is 0.333. The summed E-state index contributed by atoms with van der Waals surface area (Å²) >= 11 is 0. The normalized spacial score (nSPS) is 10.3. The van der Waals surface area contributed by atoms with E-state index in [1.807, 2.05) is 20.8 Å². The number of carbonyl (C=O) groups is 1. The van der Waals surface area contributed by atoms with Gasteiger partial charge in [-0.1, -0.05) is 0 Å². The maximum atomic E-state index is 12.3. The van der Waals surface area contributed by atoms with Crippen LogP contribution in [0.3, 0.4) is 0 Å². The second kappa shape index (κ2) is 5.87. The highest BCUT2D eigenvalue weighted by atomic mass is 16.5. The third-order valence-electron chi connectivity index (χ3n) is 3.50. The Morgan fingerprint density at radius 3 is 2.10 bits per heavy atom. The van der Waals surface area contributed by atoms with Crippen LogP contribution in [0.25, 0.3) is 0 Å². The molecule has 0 saturated carbocycles. The minimum absolute atomic E-state index is 0.263. The Morgan fingerprint density at radius 2 is 1.67 bits per heavy atom. The predicted octanol–water partition coefficient (Wildman–Crippen LogP) is 2.60. The number of aromatic nitrogens is 2. The molecular formula is C15H19N3O3. The lowest BCUT2D eigenvalue weighted by Gasteiger charge is -2.12. The Bertz CT molecular complexity index is 652. The number of carbonyl (C=O) groups excluding carboxylic acids is 1. The molecule has 21 heavy (non-hydrogen) atoms. The number of aromatic amines is 1. The maximum absolute atomic E-state index is 12.3. The van der Waals surface area contributed by atoms with Gasteiger partial charge in [-0.15, -0.1) is 0 Å². The van der Waals surface area contributed by atoms with Gasteiger partial charge in [-0.25, -0.2) is 0 Å². The number of benzene rings is 1. The van der Waals surface area contributed by atoms with Crippen molar-refractivity contribution in [1.82, 2.24) is 10.2 Å². The first kappa shape index (κ1) is 14.9. The Kier molecular flexibility index (Phi) is 4.16. The lowest BCUT2D eigenvalue weighted by Crippen LogP contribution is -2.13. The first-order valence-electron chi connectivity index (χ1n) is 6.53. The van der Waals surface area contributed by atoms with Gasteiger partial charge < -0.3 is 14.8 Å². The van der Waals surface area contributed by atoms with E-state index in [-0.39, 0.29) is 5.91 Å². The number of methoxy groups -OCH3 is 2. The molecule has 2 N–H and O–H groups in total. The number of ether oxygens (including phenoxy) is 2. The van der Waals surface area contributed by atoms with Gasteiger partial charge in [0, 0.05) is 22.4 Å². The van der Waals surface area contributed by atoms with Crippen LogP contribution in [0.1, 0.15) is 27.2 Å². The molecule has 0 saturated heterocycles. The molecule has 6 heteroatoms. The largest absolute Gasteiger partial charge is 0.496 e. The van der Waals surface area contributed by atoms with E-state index in [1.165, 1.54) is 0 Å². The number of amides is 1. The van der Waals surface area contributed by atoms with E-state index in [0.29, 0.717) is 22.9 Å². The lowest BCUT2D eigenvalue weighted by molar-refractivity contribution is 0.102. The quantitative estimate of drug-likeness (QED) is 0.907. The van der Waals surface area contributed by atoms with Crippen LogP contribution in [0.4, 0.5) is 5.82 Å². The molecule has 0 aliphatic heterocycles. The number of H-pyrrole nitrogens is 1. The molecule has 112 valence electrons. The predicted molar refractivity (Wildman–Crippen MR) is 80.3 cm³/mol. The van der Waals surface area contributed by atoms with Gasteiger partial charge in [0.15, 0.2) is 5.82 Å². The second-order valence-electron chi connectivity index (χ2n) is 4.78. The molecule has 1 heterocycles. The third kappa shape index (κ3) is 2.84. The number of aryl methyl sites for hydroxylation is 1. The molecule has 0 bridgehead atoms. The van der Waals surface area contributed by atoms with Gasteiger partial charge in [0.2, 0.25) is 0 Å². The summed E-state index contributed by atoms with van der Waals surface area (Å²) in [5.41, 5.74) is 3.14. The Hall–Kier alpha value is -2.50. The van der Waals surface area contributed by atoms with Crippen LogP contribution in [0.15, 0.2) is 12.1 Å². The topological polar surface area (TPSA) is 76.2 Å². The molecule has 1 amide bonds. The van der Waals surface area contributed by atoms with Crippen LogP contribution in [-0.2, 0) is 0 Å². The number of rotatable bonds is 4. The van der Waals surface area contributed by atoms with Crippen LogP contribution in [0.2, 0.25) is 0 Å². The summed E-state index contributed by atoms with van der Waals surface area (Å²) < 4.78 is 10.5. The van der Waals surface area contributed by atoms with Gasteiger partial charge in [0.25, 0.3) is 5.91 Å². The van der Waals surface area contributed by atoms with Crippen molar-refractivity contribution in [1.29, 1.82) is 0 Å². The molecular weight excluding hydrogens is 270 g/mol. The average molecular weight is 289 g/mol. The summed E-state index contributed by atoms with van der Waals surface area (Å²) in [4.78, 5) is 12.3.